The lowest BCUT2D eigenvalue weighted by atomic mass is 10.2. The Morgan fingerprint density at radius 3 is 2.79 bits per heavy atom. The molecular formula is C10H20N2OS. The maximum Gasteiger partial charge on any atom is 0.232 e. The number of carbonyl (C=O) groups is 1. The van der Waals surface area contributed by atoms with Crippen molar-refractivity contribution < 1.29 is 4.79 Å². The molecule has 0 aromatic heterocycles. The van der Waals surface area contributed by atoms with Crippen LogP contribution in [0.2, 0.25) is 0 Å². The molecule has 0 aromatic rings. The van der Waals surface area contributed by atoms with Crippen molar-refractivity contribution in [2.24, 2.45) is 11.7 Å². The molecule has 3 nitrogen and oxygen atoms in total. The van der Waals surface area contributed by atoms with E-state index in [-0.39, 0.29) is 5.91 Å². The minimum Gasteiger partial charge on any atom is -0.342 e. The molecule has 0 saturated heterocycles. The summed E-state index contributed by atoms with van der Waals surface area (Å²) in [5.74, 6) is 2.37. The Bertz CT molecular complexity index is 195. The van der Waals surface area contributed by atoms with Crippen LogP contribution >= 0.6 is 11.8 Å². The van der Waals surface area contributed by atoms with Crippen LogP contribution in [-0.4, -0.2) is 41.9 Å². The first-order valence-corrected chi connectivity index (χ1v) is 6.34. The highest BCUT2D eigenvalue weighted by Crippen LogP contribution is 2.25. The summed E-state index contributed by atoms with van der Waals surface area (Å²) in [5, 5.41) is 0. The molecule has 0 aliphatic heterocycles. The number of nitrogens with zero attached hydrogens (tertiary/aromatic N) is 1. The lowest BCUT2D eigenvalue weighted by Gasteiger charge is -2.16. The average molecular weight is 216 g/mol. The topological polar surface area (TPSA) is 46.3 Å². The standard InChI is InChI=1S/C10H20N2OS/c1-8(5-11)6-14-7-10(13)12(2)9-3-4-9/h8-9H,3-7,11H2,1-2H3. The Morgan fingerprint density at radius 2 is 2.29 bits per heavy atom. The van der Waals surface area contributed by atoms with E-state index in [1.807, 2.05) is 11.9 Å². The van der Waals surface area contributed by atoms with E-state index in [4.69, 9.17) is 5.73 Å². The summed E-state index contributed by atoms with van der Waals surface area (Å²) >= 11 is 1.70. The first-order valence-electron chi connectivity index (χ1n) is 5.18. The van der Waals surface area contributed by atoms with Crippen LogP contribution in [0, 0.1) is 5.92 Å². The van der Waals surface area contributed by atoms with Crippen molar-refractivity contribution in [2.75, 3.05) is 25.1 Å². The smallest absolute Gasteiger partial charge is 0.232 e. The summed E-state index contributed by atoms with van der Waals surface area (Å²) in [6.45, 7) is 2.82. The van der Waals surface area contributed by atoms with Crippen LogP contribution in [0.4, 0.5) is 0 Å². The molecule has 1 atom stereocenters. The minimum atomic E-state index is 0.265. The lowest BCUT2D eigenvalue weighted by Crippen LogP contribution is -2.30. The molecular weight excluding hydrogens is 196 g/mol. The van der Waals surface area contributed by atoms with E-state index in [2.05, 4.69) is 6.92 Å². The number of carbonyl (C=O) groups excluding carboxylic acids is 1. The highest BCUT2D eigenvalue weighted by molar-refractivity contribution is 7.99. The summed E-state index contributed by atoms with van der Waals surface area (Å²) in [5.41, 5.74) is 5.50. The van der Waals surface area contributed by atoms with Crippen molar-refractivity contribution in [2.45, 2.75) is 25.8 Å². The Labute approximate surface area is 90.4 Å². The van der Waals surface area contributed by atoms with Crippen LogP contribution in [0.15, 0.2) is 0 Å². The van der Waals surface area contributed by atoms with Gasteiger partial charge >= 0.3 is 0 Å². The molecule has 1 rings (SSSR count). The Kier molecular flexibility index (Phi) is 4.75. The summed E-state index contributed by atoms with van der Waals surface area (Å²) < 4.78 is 0. The highest BCUT2D eigenvalue weighted by Gasteiger charge is 2.29. The molecule has 0 spiro atoms. The number of thioether (sulfide) groups is 1. The molecule has 14 heavy (non-hydrogen) atoms. The van der Waals surface area contributed by atoms with Gasteiger partial charge in [-0.15, -0.1) is 0 Å². The van der Waals surface area contributed by atoms with E-state index < -0.39 is 0 Å². The molecule has 0 bridgehead atoms. The molecule has 1 unspecified atom stereocenters. The third kappa shape index (κ3) is 3.88. The van der Waals surface area contributed by atoms with Crippen molar-refractivity contribution in [1.82, 2.24) is 4.90 Å². The summed E-state index contributed by atoms with van der Waals surface area (Å²) in [6, 6.07) is 0.537. The first-order chi connectivity index (χ1) is 6.65. The summed E-state index contributed by atoms with van der Waals surface area (Å²) in [4.78, 5) is 13.5. The van der Waals surface area contributed by atoms with Gasteiger partial charge in [-0.1, -0.05) is 6.92 Å². The Hall–Kier alpha value is -0.220. The van der Waals surface area contributed by atoms with Crippen LogP contribution in [0.5, 0.6) is 0 Å². The molecule has 1 aliphatic carbocycles. The van der Waals surface area contributed by atoms with Crippen LogP contribution in [0.25, 0.3) is 0 Å². The molecule has 1 aliphatic rings. The molecule has 4 heteroatoms. The van der Waals surface area contributed by atoms with Crippen LogP contribution in [0.1, 0.15) is 19.8 Å². The zero-order valence-corrected chi connectivity index (χ0v) is 9.85. The normalized spacial score (nSPS) is 17.9. The molecule has 1 fully saturated rings. The van der Waals surface area contributed by atoms with E-state index in [0.717, 1.165) is 5.75 Å². The largest absolute Gasteiger partial charge is 0.342 e. The fourth-order valence-corrected chi connectivity index (χ4v) is 2.22. The third-order valence-corrected chi connectivity index (χ3v) is 3.77. The van der Waals surface area contributed by atoms with Gasteiger partial charge in [0, 0.05) is 13.1 Å². The van der Waals surface area contributed by atoms with Crippen LogP contribution in [0.3, 0.4) is 0 Å². The van der Waals surface area contributed by atoms with Gasteiger partial charge in [0.1, 0.15) is 0 Å². The fourth-order valence-electron chi connectivity index (χ4n) is 1.18. The zero-order chi connectivity index (χ0) is 10.6. The van der Waals surface area contributed by atoms with Gasteiger partial charge in [0.25, 0.3) is 0 Å². The van der Waals surface area contributed by atoms with E-state index >= 15 is 0 Å². The maximum atomic E-state index is 11.6. The van der Waals surface area contributed by atoms with Gasteiger partial charge in [0.05, 0.1) is 5.75 Å². The van der Waals surface area contributed by atoms with Gasteiger partial charge < -0.3 is 10.6 Å². The molecule has 0 radical (unpaired) electrons. The Balaban J connectivity index is 2.08. The first kappa shape index (κ1) is 11.9. The minimum absolute atomic E-state index is 0.265. The molecule has 2 N–H and O–H groups in total. The Morgan fingerprint density at radius 1 is 1.64 bits per heavy atom. The fraction of sp³-hybridized carbons (Fsp3) is 0.900. The van der Waals surface area contributed by atoms with E-state index in [1.54, 1.807) is 11.8 Å². The SMILES string of the molecule is CC(CN)CSCC(=O)N(C)C1CC1. The number of nitrogens with two attached hydrogens (primary N) is 1. The number of hydrogen-bond donors (Lipinski definition) is 1. The van der Waals surface area contributed by atoms with Gasteiger partial charge in [0.2, 0.25) is 5.91 Å². The summed E-state index contributed by atoms with van der Waals surface area (Å²) in [6.07, 6.45) is 2.37. The second-order valence-electron chi connectivity index (χ2n) is 4.09. The molecule has 0 heterocycles. The molecule has 1 saturated carbocycles. The maximum absolute atomic E-state index is 11.6. The van der Waals surface area contributed by atoms with Gasteiger partial charge in [-0.3, -0.25) is 4.79 Å². The van der Waals surface area contributed by atoms with Crippen molar-refractivity contribution in [3.8, 4) is 0 Å². The van der Waals surface area contributed by atoms with E-state index in [0.29, 0.717) is 24.3 Å². The average Bonchev–Trinajstić information content (AvgIpc) is 2.99. The van der Waals surface area contributed by atoms with Gasteiger partial charge in [-0.25, -0.2) is 0 Å². The number of rotatable bonds is 6. The van der Waals surface area contributed by atoms with Crippen molar-refractivity contribution in [1.29, 1.82) is 0 Å². The summed E-state index contributed by atoms with van der Waals surface area (Å²) in [7, 11) is 1.91. The predicted molar refractivity (Wildman–Crippen MR) is 61.3 cm³/mol. The van der Waals surface area contributed by atoms with Crippen molar-refractivity contribution >= 4 is 17.7 Å². The van der Waals surface area contributed by atoms with Crippen molar-refractivity contribution in [3.05, 3.63) is 0 Å². The lowest BCUT2D eigenvalue weighted by molar-refractivity contribution is -0.127. The second kappa shape index (κ2) is 5.61. The van der Waals surface area contributed by atoms with Crippen molar-refractivity contribution in [3.63, 3.8) is 0 Å². The quantitative estimate of drug-likeness (QED) is 0.718. The van der Waals surface area contributed by atoms with E-state index in [9.17, 15) is 4.79 Å². The highest BCUT2D eigenvalue weighted by atomic mass is 32.2. The predicted octanol–water partition coefficient (Wildman–Crippen LogP) is 0.935. The van der Waals surface area contributed by atoms with Gasteiger partial charge in [-0.05, 0) is 31.1 Å². The van der Waals surface area contributed by atoms with Crippen LogP contribution in [-0.2, 0) is 4.79 Å². The second-order valence-corrected chi connectivity index (χ2v) is 5.12. The monoisotopic (exact) mass is 216 g/mol. The third-order valence-electron chi connectivity index (χ3n) is 2.52. The zero-order valence-electron chi connectivity index (χ0n) is 9.03. The molecule has 82 valence electrons. The van der Waals surface area contributed by atoms with E-state index in [1.165, 1.54) is 12.8 Å². The molecule has 0 aromatic carbocycles. The van der Waals surface area contributed by atoms with Gasteiger partial charge in [0.15, 0.2) is 0 Å². The molecule has 1 amide bonds. The van der Waals surface area contributed by atoms with Gasteiger partial charge in [-0.2, -0.15) is 11.8 Å². The number of hydrogen-bond acceptors (Lipinski definition) is 3. The number of amides is 1. The van der Waals surface area contributed by atoms with Crippen LogP contribution < -0.4 is 5.73 Å².